The number of nitrogens with zero attached hydrogens (tertiary/aromatic N) is 2. The molecule has 1 aliphatic heterocycles. The van der Waals surface area contributed by atoms with Gasteiger partial charge < -0.3 is 14.6 Å². The van der Waals surface area contributed by atoms with Crippen molar-refractivity contribution in [1.29, 1.82) is 0 Å². The molecule has 2 rings (SSSR count). The summed E-state index contributed by atoms with van der Waals surface area (Å²) in [4.78, 5) is 4.85. The van der Waals surface area contributed by atoms with Crippen molar-refractivity contribution in [2.75, 3.05) is 27.2 Å². The standard InChI is InChI=1S/C16H29N3O/c1-13(2)17-10-14-7-9-20-16(14)12-18(3)11-15-6-5-8-19(15)4/h7,9,13,15,17H,5-6,8,10-12H2,1-4H3. The Morgan fingerprint density at radius 2 is 2.30 bits per heavy atom. The van der Waals surface area contributed by atoms with E-state index >= 15 is 0 Å². The van der Waals surface area contributed by atoms with Gasteiger partial charge in [-0.25, -0.2) is 0 Å². The second kappa shape index (κ2) is 7.25. The van der Waals surface area contributed by atoms with Crippen LogP contribution in [0.4, 0.5) is 0 Å². The molecule has 0 aromatic carbocycles. The van der Waals surface area contributed by atoms with Crippen molar-refractivity contribution >= 4 is 0 Å². The van der Waals surface area contributed by atoms with E-state index in [4.69, 9.17) is 4.42 Å². The highest BCUT2D eigenvalue weighted by atomic mass is 16.3. The molecule has 0 saturated carbocycles. The Labute approximate surface area is 123 Å². The Balaban J connectivity index is 1.84. The van der Waals surface area contributed by atoms with Crippen molar-refractivity contribution in [3.63, 3.8) is 0 Å². The molecule has 2 heterocycles. The van der Waals surface area contributed by atoms with Gasteiger partial charge in [0.15, 0.2) is 0 Å². The lowest BCUT2D eigenvalue weighted by molar-refractivity contribution is 0.205. The first-order valence-corrected chi connectivity index (χ1v) is 7.73. The number of hydrogen-bond donors (Lipinski definition) is 1. The number of likely N-dealkylation sites (tertiary alicyclic amines) is 1. The molecule has 0 amide bonds. The quantitative estimate of drug-likeness (QED) is 0.830. The average molecular weight is 279 g/mol. The smallest absolute Gasteiger partial charge is 0.122 e. The first-order chi connectivity index (χ1) is 9.56. The summed E-state index contributed by atoms with van der Waals surface area (Å²) >= 11 is 0. The molecule has 1 saturated heterocycles. The molecule has 0 bridgehead atoms. The molecule has 1 unspecified atom stereocenters. The Bertz CT molecular complexity index is 402. The summed E-state index contributed by atoms with van der Waals surface area (Å²) in [6, 6.07) is 3.29. The van der Waals surface area contributed by atoms with Crippen LogP contribution in [0.2, 0.25) is 0 Å². The van der Waals surface area contributed by atoms with Gasteiger partial charge in [0.2, 0.25) is 0 Å². The molecule has 1 aromatic rings. The van der Waals surface area contributed by atoms with Gasteiger partial charge in [0.25, 0.3) is 0 Å². The summed E-state index contributed by atoms with van der Waals surface area (Å²) < 4.78 is 5.66. The van der Waals surface area contributed by atoms with E-state index in [0.29, 0.717) is 12.1 Å². The number of likely N-dealkylation sites (N-methyl/N-ethyl adjacent to an activating group) is 2. The van der Waals surface area contributed by atoms with E-state index in [-0.39, 0.29) is 0 Å². The highest BCUT2D eigenvalue weighted by Crippen LogP contribution is 2.18. The van der Waals surface area contributed by atoms with E-state index in [1.165, 1.54) is 24.9 Å². The molecular formula is C16H29N3O. The maximum absolute atomic E-state index is 5.66. The van der Waals surface area contributed by atoms with Crippen molar-refractivity contribution in [3.8, 4) is 0 Å². The Morgan fingerprint density at radius 1 is 1.50 bits per heavy atom. The van der Waals surface area contributed by atoms with Gasteiger partial charge in [-0.3, -0.25) is 4.90 Å². The zero-order valence-corrected chi connectivity index (χ0v) is 13.4. The van der Waals surface area contributed by atoms with E-state index in [2.05, 4.69) is 49.1 Å². The molecule has 114 valence electrons. The summed E-state index contributed by atoms with van der Waals surface area (Å²) in [6.45, 7) is 8.48. The van der Waals surface area contributed by atoms with Crippen LogP contribution in [0, 0.1) is 0 Å². The zero-order chi connectivity index (χ0) is 14.5. The van der Waals surface area contributed by atoms with Crippen LogP contribution in [0.15, 0.2) is 16.7 Å². The van der Waals surface area contributed by atoms with Crippen molar-refractivity contribution < 1.29 is 4.42 Å². The van der Waals surface area contributed by atoms with Crippen LogP contribution < -0.4 is 5.32 Å². The third-order valence-corrected chi connectivity index (χ3v) is 4.15. The molecule has 1 aliphatic rings. The van der Waals surface area contributed by atoms with Crippen molar-refractivity contribution in [3.05, 3.63) is 23.7 Å². The van der Waals surface area contributed by atoms with Crippen molar-refractivity contribution in [2.45, 2.75) is 51.9 Å². The molecule has 4 nitrogen and oxygen atoms in total. The lowest BCUT2D eigenvalue weighted by atomic mass is 10.2. The predicted molar refractivity (Wildman–Crippen MR) is 82.7 cm³/mol. The lowest BCUT2D eigenvalue weighted by Gasteiger charge is -2.25. The van der Waals surface area contributed by atoms with Crippen LogP contribution >= 0.6 is 0 Å². The maximum atomic E-state index is 5.66. The van der Waals surface area contributed by atoms with E-state index in [1.54, 1.807) is 0 Å². The summed E-state index contributed by atoms with van der Waals surface area (Å²) in [6.07, 6.45) is 4.46. The number of hydrogen-bond acceptors (Lipinski definition) is 4. The first kappa shape index (κ1) is 15.5. The van der Waals surface area contributed by atoms with Crippen LogP contribution in [-0.4, -0.2) is 49.1 Å². The molecule has 4 heteroatoms. The van der Waals surface area contributed by atoms with Crippen molar-refractivity contribution in [2.24, 2.45) is 0 Å². The molecule has 0 aliphatic carbocycles. The molecule has 1 fully saturated rings. The Kier molecular flexibility index (Phi) is 5.64. The molecule has 1 atom stereocenters. The fraction of sp³-hybridized carbons (Fsp3) is 0.750. The number of furan rings is 1. The van der Waals surface area contributed by atoms with E-state index in [9.17, 15) is 0 Å². The molecule has 20 heavy (non-hydrogen) atoms. The third-order valence-electron chi connectivity index (χ3n) is 4.15. The fourth-order valence-corrected chi connectivity index (χ4v) is 2.86. The van der Waals surface area contributed by atoms with Gasteiger partial charge >= 0.3 is 0 Å². The molecule has 1 aromatic heterocycles. The topological polar surface area (TPSA) is 31.7 Å². The van der Waals surface area contributed by atoms with Gasteiger partial charge in [-0.2, -0.15) is 0 Å². The summed E-state index contributed by atoms with van der Waals surface area (Å²) in [5.74, 6) is 1.10. The van der Waals surface area contributed by atoms with Crippen LogP contribution in [0.5, 0.6) is 0 Å². The monoisotopic (exact) mass is 279 g/mol. The number of rotatable bonds is 7. The molecule has 0 radical (unpaired) electrons. The third kappa shape index (κ3) is 4.33. The maximum Gasteiger partial charge on any atom is 0.122 e. The van der Waals surface area contributed by atoms with E-state index in [1.807, 2.05) is 6.26 Å². The van der Waals surface area contributed by atoms with Crippen molar-refractivity contribution in [1.82, 2.24) is 15.1 Å². The van der Waals surface area contributed by atoms with Gasteiger partial charge in [0, 0.05) is 30.7 Å². The Hall–Kier alpha value is -0.840. The average Bonchev–Trinajstić information content (AvgIpc) is 2.97. The highest BCUT2D eigenvalue weighted by Gasteiger charge is 2.22. The minimum absolute atomic E-state index is 0.502. The van der Waals surface area contributed by atoms with Crippen LogP contribution in [0.25, 0.3) is 0 Å². The van der Waals surface area contributed by atoms with Crippen LogP contribution in [-0.2, 0) is 13.1 Å². The first-order valence-electron chi connectivity index (χ1n) is 7.73. The molecule has 0 spiro atoms. The summed E-state index contributed by atoms with van der Waals surface area (Å²) in [7, 11) is 4.42. The second-order valence-corrected chi connectivity index (χ2v) is 6.38. The van der Waals surface area contributed by atoms with E-state index < -0.39 is 0 Å². The predicted octanol–water partition coefficient (Wildman–Crippen LogP) is 2.30. The van der Waals surface area contributed by atoms with Gasteiger partial charge in [-0.1, -0.05) is 13.8 Å². The van der Waals surface area contributed by atoms with Crippen LogP contribution in [0.3, 0.4) is 0 Å². The SMILES string of the molecule is CC(C)NCc1ccoc1CN(C)CC1CCCN1C. The Morgan fingerprint density at radius 3 is 2.95 bits per heavy atom. The zero-order valence-electron chi connectivity index (χ0n) is 13.4. The summed E-state index contributed by atoms with van der Waals surface area (Å²) in [5, 5.41) is 3.45. The molecular weight excluding hydrogens is 250 g/mol. The number of nitrogens with one attached hydrogen (secondary N) is 1. The van der Waals surface area contributed by atoms with Gasteiger partial charge in [0.1, 0.15) is 5.76 Å². The normalized spacial score (nSPS) is 20.4. The van der Waals surface area contributed by atoms with Crippen LogP contribution in [0.1, 0.15) is 38.0 Å². The second-order valence-electron chi connectivity index (χ2n) is 6.38. The van der Waals surface area contributed by atoms with Gasteiger partial charge in [-0.15, -0.1) is 0 Å². The lowest BCUT2D eigenvalue weighted by Crippen LogP contribution is -2.36. The minimum Gasteiger partial charge on any atom is -0.468 e. The summed E-state index contributed by atoms with van der Waals surface area (Å²) in [5.41, 5.74) is 1.28. The minimum atomic E-state index is 0.502. The fourth-order valence-electron chi connectivity index (χ4n) is 2.86. The van der Waals surface area contributed by atoms with E-state index in [0.717, 1.165) is 25.4 Å². The molecule has 1 N–H and O–H groups in total. The van der Waals surface area contributed by atoms with Gasteiger partial charge in [0.05, 0.1) is 12.8 Å². The highest BCUT2D eigenvalue weighted by molar-refractivity contribution is 5.16. The van der Waals surface area contributed by atoms with Gasteiger partial charge in [-0.05, 0) is 39.5 Å². The largest absolute Gasteiger partial charge is 0.468 e.